The van der Waals surface area contributed by atoms with Crippen LogP contribution < -0.4 is 0 Å². The fraction of sp³-hybridized carbons (Fsp3) is 0.0476. The molecule has 0 atom stereocenters. The monoisotopic (exact) mass is 552 g/mol. The summed E-state index contributed by atoms with van der Waals surface area (Å²) in [6, 6.07) is 12.8. The van der Waals surface area contributed by atoms with Crippen LogP contribution >= 0.6 is 12.0 Å². The number of benzene rings is 4. The van der Waals surface area contributed by atoms with E-state index in [2.05, 4.69) is 19.6 Å². The average molecular weight is 553 g/mol. The molecule has 15 heteroatoms. The fourth-order valence-corrected chi connectivity index (χ4v) is 5.64. The molecule has 0 unspecified atom stereocenters. The van der Waals surface area contributed by atoms with E-state index in [1.807, 2.05) is 0 Å². The van der Waals surface area contributed by atoms with Crippen molar-refractivity contribution in [2.45, 2.75) is 21.6 Å². The van der Waals surface area contributed by atoms with Crippen molar-refractivity contribution in [1.29, 1.82) is 0 Å². The molecule has 36 heavy (non-hydrogen) atoms. The molecule has 0 saturated carbocycles. The summed E-state index contributed by atoms with van der Waals surface area (Å²) in [5.74, 6) is -0.492. The number of aromatic hydroxyl groups is 1. The van der Waals surface area contributed by atoms with E-state index in [0.29, 0.717) is 17.4 Å². The van der Waals surface area contributed by atoms with E-state index >= 15 is 0 Å². The lowest BCUT2D eigenvalue weighted by molar-refractivity contribution is -0.432. The fourth-order valence-electron chi connectivity index (χ4n) is 3.71. The summed E-state index contributed by atoms with van der Waals surface area (Å²) in [6.45, 7) is 1.48. The maximum atomic E-state index is 12.2. The summed E-state index contributed by atoms with van der Waals surface area (Å²) in [6.07, 6.45) is 0. The Kier molecular flexibility index (Phi) is 7.00. The van der Waals surface area contributed by atoms with Crippen molar-refractivity contribution in [1.82, 2.24) is 0 Å². The number of rotatable bonds is 7. The lowest BCUT2D eigenvalue weighted by Gasteiger charge is -2.12. The third-order valence-corrected chi connectivity index (χ3v) is 7.54. The number of aryl methyl sites for hydroxylation is 1. The van der Waals surface area contributed by atoms with Gasteiger partial charge in [-0.05, 0) is 47.5 Å². The molecule has 0 fully saturated rings. The van der Waals surface area contributed by atoms with Crippen molar-refractivity contribution < 1.29 is 45.7 Å². The highest BCUT2D eigenvalue weighted by Crippen LogP contribution is 2.46. The van der Waals surface area contributed by atoms with Crippen LogP contribution in [0.3, 0.4) is 0 Å². The zero-order valence-electron chi connectivity index (χ0n) is 18.1. The lowest BCUT2D eigenvalue weighted by Crippen LogP contribution is -1.99. The highest BCUT2D eigenvalue weighted by atomic mass is 32.2. The SMILES string of the molecule is Cc1cc(S(=O)(=O)O)cc2cc(SOOO)c(N=Nc3ccc4ccccc4c3S(=O)(=O)O)c(O)c12. The van der Waals surface area contributed by atoms with Crippen molar-refractivity contribution in [3.8, 4) is 5.75 Å². The first-order valence-electron chi connectivity index (χ1n) is 9.75. The number of hydrogen-bond acceptors (Lipinski definition) is 11. The number of phenols is 1. The molecule has 0 aliphatic rings. The minimum absolute atomic E-state index is 0.0288. The number of azo groups is 1. The summed E-state index contributed by atoms with van der Waals surface area (Å²) in [4.78, 5) is -0.952. The molecule has 4 rings (SSSR count). The van der Waals surface area contributed by atoms with E-state index in [1.54, 1.807) is 24.3 Å². The molecule has 0 aliphatic heterocycles. The summed E-state index contributed by atoms with van der Waals surface area (Å²) in [5, 5.41) is 32.1. The molecule has 4 N–H and O–H groups in total. The number of hydrogen-bond donors (Lipinski definition) is 4. The van der Waals surface area contributed by atoms with Crippen molar-refractivity contribution in [3.05, 3.63) is 60.2 Å². The average Bonchev–Trinajstić information content (AvgIpc) is 2.80. The van der Waals surface area contributed by atoms with Crippen molar-refractivity contribution in [2.75, 3.05) is 0 Å². The predicted molar refractivity (Wildman–Crippen MR) is 129 cm³/mol. The second kappa shape index (κ2) is 9.72. The molecule has 0 saturated heterocycles. The Bertz CT molecular complexity index is 1750. The van der Waals surface area contributed by atoms with Crippen molar-refractivity contribution in [2.24, 2.45) is 10.2 Å². The van der Waals surface area contributed by atoms with E-state index < -0.39 is 35.8 Å². The van der Waals surface area contributed by atoms with Gasteiger partial charge in [-0.15, -0.1) is 14.6 Å². The maximum Gasteiger partial charge on any atom is 0.297 e. The van der Waals surface area contributed by atoms with E-state index in [4.69, 9.17) is 5.26 Å². The van der Waals surface area contributed by atoms with Gasteiger partial charge in [-0.3, -0.25) is 9.11 Å². The van der Waals surface area contributed by atoms with Gasteiger partial charge in [0.15, 0.2) is 5.75 Å². The first kappa shape index (κ1) is 25.9. The molecule has 0 heterocycles. The second-order valence-electron chi connectivity index (χ2n) is 7.42. The van der Waals surface area contributed by atoms with Crippen LogP contribution in [0.15, 0.2) is 79.5 Å². The Labute approximate surface area is 208 Å². The van der Waals surface area contributed by atoms with Crippen LogP contribution in [0, 0.1) is 6.92 Å². The standard InChI is InChI=1S/C21H16N2O10S3/c1-11-8-14(35(26,27)28)9-13-10-17(34-33-32-25)19(20(24)18(11)13)23-22-16-7-6-12-4-2-3-5-15(12)21(16)36(29,30)31/h2-10,24-25H,1H3,(H,26,27,28)(H,29,30,31). The van der Waals surface area contributed by atoms with Gasteiger partial charge in [-0.2, -0.15) is 16.8 Å². The van der Waals surface area contributed by atoms with Crippen LogP contribution in [-0.2, 0) is 29.6 Å². The van der Waals surface area contributed by atoms with E-state index in [-0.39, 0.29) is 38.0 Å². The Morgan fingerprint density at radius 2 is 1.61 bits per heavy atom. The molecular weight excluding hydrogens is 536 g/mol. The quantitative estimate of drug-likeness (QED) is 0.0759. The van der Waals surface area contributed by atoms with Gasteiger partial charge in [0.2, 0.25) is 0 Å². The minimum atomic E-state index is -4.74. The molecule has 4 aromatic carbocycles. The Hall–Kier alpha value is -3.15. The molecule has 4 aromatic rings. The minimum Gasteiger partial charge on any atom is -0.505 e. The predicted octanol–water partition coefficient (Wildman–Crippen LogP) is 5.34. The number of fused-ring (bicyclic) bond motifs is 2. The maximum absolute atomic E-state index is 12.2. The highest BCUT2D eigenvalue weighted by molar-refractivity contribution is 7.94. The van der Waals surface area contributed by atoms with Gasteiger partial charge in [0, 0.05) is 10.8 Å². The summed E-state index contributed by atoms with van der Waals surface area (Å²) < 4.78 is 71.2. The van der Waals surface area contributed by atoms with Crippen LogP contribution in [0.1, 0.15) is 5.56 Å². The number of nitrogens with zero attached hydrogens (tertiary/aromatic N) is 2. The summed E-state index contributed by atoms with van der Waals surface area (Å²) >= 11 is 0.377. The Balaban J connectivity index is 1.96. The van der Waals surface area contributed by atoms with Crippen LogP contribution in [0.2, 0.25) is 0 Å². The zero-order valence-corrected chi connectivity index (χ0v) is 20.5. The van der Waals surface area contributed by atoms with Crippen molar-refractivity contribution in [3.63, 3.8) is 0 Å². The van der Waals surface area contributed by atoms with Gasteiger partial charge in [0.25, 0.3) is 20.2 Å². The molecule has 0 aromatic heterocycles. The third kappa shape index (κ3) is 5.04. The van der Waals surface area contributed by atoms with Crippen LogP contribution in [0.5, 0.6) is 5.75 Å². The van der Waals surface area contributed by atoms with Gasteiger partial charge in [-0.1, -0.05) is 35.4 Å². The van der Waals surface area contributed by atoms with E-state index in [9.17, 15) is 31.0 Å². The first-order chi connectivity index (χ1) is 16.9. The Morgan fingerprint density at radius 1 is 0.889 bits per heavy atom. The molecule has 188 valence electrons. The molecule has 12 nitrogen and oxygen atoms in total. The van der Waals surface area contributed by atoms with Gasteiger partial charge >= 0.3 is 0 Å². The van der Waals surface area contributed by atoms with Gasteiger partial charge < -0.3 is 5.11 Å². The molecule has 0 amide bonds. The van der Waals surface area contributed by atoms with Crippen LogP contribution in [0.4, 0.5) is 11.4 Å². The largest absolute Gasteiger partial charge is 0.505 e. The zero-order chi connectivity index (χ0) is 26.3. The molecular formula is C21H16N2O10S3. The van der Waals surface area contributed by atoms with Gasteiger partial charge in [-0.25, -0.2) is 5.26 Å². The summed E-state index contributed by atoms with van der Waals surface area (Å²) in [7, 11) is -9.30. The topological polar surface area (TPSA) is 192 Å². The molecule has 0 bridgehead atoms. The van der Waals surface area contributed by atoms with Gasteiger partial charge in [0.05, 0.1) is 21.8 Å². The second-order valence-corrected chi connectivity index (χ2v) is 10.9. The molecule has 0 radical (unpaired) electrons. The van der Waals surface area contributed by atoms with Gasteiger partial charge in [0.1, 0.15) is 16.3 Å². The van der Waals surface area contributed by atoms with Crippen LogP contribution in [-0.4, -0.2) is 36.3 Å². The molecule has 0 spiro atoms. The normalized spacial score (nSPS) is 12.7. The summed E-state index contributed by atoms with van der Waals surface area (Å²) in [5.41, 5.74) is -0.222. The molecule has 0 aliphatic carbocycles. The van der Waals surface area contributed by atoms with Crippen molar-refractivity contribution >= 4 is 65.2 Å². The van der Waals surface area contributed by atoms with E-state index in [1.165, 1.54) is 25.1 Å². The third-order valence-electron chi connectivity index (χ3n) is 5.15. The lowest BCUT2D eigenvalue weighted by atomic mass is 10.0. The first-order valence-corrected chi connectivity index (χ1v) is 13.4. The smallest absolute Gasteiger partial charge is 0.297 e. The Morgan fingerprint density at radius 3 is 2.28 bits per heavy atom. The highest BCUT2D eigenvalue weighted by Gasteiger charge is 2.22. The van der Waals surface area contributed by atoms with E-state index in [0.717, 1.165) is 12.1 Å². The van der Waals surface area contributed by atoms with Crippen LogP contribution in [0.25, 0.3) is 21.5 Å². The number of phenolic OH excluding ortho intramolecular Hbond substituents is 1.